The molecule has 3 N–H and O–H groups in total. The van der Waals surface area contributed by atoms with Crippen LogP contribution in [0.4, 0.5) is 0 Å². The number of aliphatic hydroxyl groups excluding tert-OH is 1. The van der Waals surface area contributed by atoms with Crippen LogP contribution in [0, 0.1) is 34.5 Å². The summed E-state index contributed by atoms with van der Waals surface area (Å²) in [7, 11) is 0. The molecule has 4 aliphatic rings. The molecule has 0 aromatic heterocycles. The number of hydrogen-bond donors (Lipinski definition) is 3. The highest BCUT2D eigenvalue weighted by Crippen LogP contribution is 2.67. The minimum Gasteiger partial charge on any atom is -0.393 e. The first-order chi connectivity index (χ1) is 15.2. The monoisotopic (exact) mass is 381 g/mol. The van der Waals surface area contributed by atoms with Crippen molar-refractivity contribution in [3.8, 4) is 0 Å². The third-order valence-electron chi connectivity index (χ3n) is 7.27. The number of Topliss-reactive ketones (excluding diaryl/α,β-unsaturated/α-hetero) is 1. The SMILES string of the molecule is [2H]C1=C[C@@]2(C)C(=C([2H])C1=O)[C@@]([2H])(C)C[C@H]1[C@@H]3CC[C@](O)(C(=O)CO)[C@@]3(C)C([2H])([2H])[C@]([2H])(O)[C@@]12[2H]. The number of carbonyl (C=O) groups excluding carboxylic acids is 2. The van der Waals surface area contributed by atoms with E-state index >= 15 is 0 Å². The van der Waals surface area contributed by atoms with Crippen LogP contribution in [0.25, 0.3) is 0 Å². The molecule has 4 aliphatic carbocycles. The van der Waals surface area contributed by atoms with Crippen LogP contribution >= 0.6 is 0 Å². The molecule has 0 radical (unpaired) electrons. The van der Waals surface area contributed by atoms with Crippen LogP contribution in [0.3, 0.4) is 0 Å². The molecule has 0 aromatic carbocycles. The van der Waals surface area contributed by atoms with Crippen molar-refractivity contribution >= 4 is 11.6 Å². The van der Waals surface area contributed by atoms with Crippen molar-refractivity contribution in [1.82, 2.24) is 0 Å². The molecule has 0 amide bonds. The van der Waals surface area contributed by atoms with E-state index in [1.54, 1.807) is 0 Å². The molecule has 3 fully saturated rings. The third kappa shape index (κ3) is 2.28. The van der Waals surface area contributed by atoms with Crippen molar-refractivity contribution in [2.45, 2.75) is 58.1 Å². The fourth-order valence-corrected chi connectivity index (χ4v) is 5.90. The molecule has 3 saturated carbocycles. The van der Waals surface area contributed by atoms with Gasteiger partial charge < -0.3 is 15.3 Å². The largest absolute Gasteiger partial charge is 0.393 e. The normalized spacial score (nSPS) is 65.8. The average Bonchev–Trinajstić information content (AvgIpc) is 3.00. The molecule has 0 aliphatic heterocycles. The van der Waals surface area contributed by atoms with Crippen molar-refractivity contribution in [2.75, 3.05) is 6.61 Å². The van der Waals surface area contributed by atoms with E-state index in [-0.39, 0.29) is 24.8 Å². The number of hydrogen-bond acceptors (Lipinski definition) is 5. The van der Waals surface area contributed by atoms with E-state index in [0.29, 0.717) is 0 Å². The Hall–Kier alpha value is -1.30. The Kier molecular flexibility index (Phi) is 2.67. The Labute approximate surface area is 170 Å². The molecule has 4 rings (SSSR count). The molecule has 5 heteroatoms. The van der Waals surface area contributed by atoms with Crippen molar-refractivity contribution in [3.63, 3.8) is 0 Å². The van der Waals surface area contributed by atoms with Gasteiger partial charge in [0.15, 0.2) is 11.6 Å². The van der Waals surface area contributed by atoms with E-state index in [2.05, 4.69) is 0 Å². The van der Waals surface area contributed by atoms with Crippen LogP contribution < -0.4 is 0 Å². The van der Waals surface area contributed by atoms with E-state index in [1.807, 2.05) is 0 Å². The summed E-state index contributed by atoms with van der Waals surface area (Å²) in [6.45, 7) is 2.97. The zero-order valence-electron chi connectivity index (χ0n) is 22.7. The van der Waals surface area contributed by atoms with Crippen LogP contribution in [-0.4, -0.2) is 45.2 Å². The molecule has 0 unspecified atom stereocenters. The van der Waals surface area contributed by atoms with Gasteiger partial charge in [-0.15, -0.1) is 0 Å². The molecule has 0 bridgehead atoms. The van der Waals surface area contributed by atoms with Crippen molar-refractivity contribution in [2.24, 2.45) is 34.5 Å². The summed E-state index contributed by atoms with van der Waals surface area (Å²) in [4.78, 5) is 25.1. The molecule has 0 aromatic rings. The van der Waals surface area contributed by atoms with Gasteiger partial charge in [0.1, 0.15) is 12.2 Å². The van der Waals surface area contributed by atoms with Crippen LogP contribution in [-0.2, 0) is 9.59 Å². The predicted molar refractivity (Wildman–Crippen MR) is 99.6 cm³/mol. The van der Waals surface area contributed by atoms with Gasteiger partial charge in [0.05, 0.1) is 10.2 Å². The van der Waals surface area contributed by atoms with Crippen LogP contribution in [0.5, 0.6) is 0 Å². The van der Waals surface area contributed by atoms with Gasteiger partial charge in [-0.3, -0.25) is 9.59 Å². The molecule has 148 valence electrons. The van der Waals surface area contributed by atoms with E-state index in [4.69, 9.17) is 8.22 Å². The summed E-state index contributed by atoms with van der Waals surface area (Å²) in [5.74, 6) is -8.19. The molecular formula is C22H30O5. The highest BCUT2D eigenvalue weighted by atomic mass is 16.3. The maximum absolute atomic E-state index is 12.7. The van der Waals surface area contributed by atoms with Gasteiger partial charge >= 0.3 is 0 Å². The van der Waals surface area contributed by atoms with E-state index < -0.39 is 82.8 Å². The zero-order chi connectivity index (χ0) is 26.1. The fourth-order valence-electron chi connectivity index (χ4n) is 5.90. The summed E-state index contributed by atoms with van der Waals surface area (Å²) >= 11 is 0. The zero-order valence-corrected chi connectivity index (χ0v) is 15.7. The Balaban J connectivity index is 2.09. The maximum Gasteiger partial charge on any atom is 0.190 e. The fraction of sp³-hybridized carbons (Fsp3) is 0.727. The summed E-state index contributed by atoms with van der Waals surface area (Å²) < 4.78 is 61.9. The van der Waals surface area contributed by atoms with Gasteiger partial charge in [-0.1, -0.05) is 32.4 Å². The Morgan fingerprint density at radius 2 is 2.19 bits per heavy atom. The third-order valence-corrected chi connectivity index (χ3v) is 7.27. The number of rotatable bonds is 2. The second-order valence-electron chi connectivity index (χ2n) is 8.59. The number of fused-ring (bicyclic) bond motifs is 5. The van der Waals surface area contributed by atoms with Crippen LogP contribution in [0.1, 0.15) is 56.0 Å². The second kappa shape index (κ2) is 5.85. The summed E-state index contributed by atoms with van der Waals surface area (Å²) in [5, 5.41) is 32.6. The highest BCUT2D eigenvalue weighted by Gasteiger charge is 2.68. The summed E-state index contributed by atoms with van der Waals surface area (Å²) in [6, 6.07) is -1.30. The van der Waals surface area contributed by atoms with Crippen molar-refractivity contribution in [3.05, 3.63) is 23.8 Å². The van der Waals surface area contributed by atoms with Gasteiger partial charge in [-0.25, -0.2) is 0 Å². The predicted octanol–water partition coefficient (Wildman–Crippen LogP) is 1.80. The van der Waals surface area contributed by atoms with Gasteiger partial charge in [0, 0.05) is 22.2 Å². The number of ketones is 2. The van der Waals surface area contributed by atoms with Gasteiger partial charge in [-0.05, 0) is 55.5 Å². The highest BCUT2D eigenvalue weighted by molar-refractivity contribution is 6.01. The number of aliphatic hydroxyl groups is 3. The lowest BCUT2D eigenvalue weighted by molar-refractivity contribution is -0.180. The second-order valence-corrected chi connectivity index (χ2v) is 8.59. The lowest BCUT2D eigenvalue weighted by Crippen LogP contribution is -2.62. The minimum absolute atomic E-state index is 0.0367. The maximum atomic E-state index is 12.7. The average molecular weight is 382 g/mol. The molecule has 0 spiro atoms. The molecule has 8 atom stereocenters. The molecular weight excluding hydrogens is 344 g/mol. The smallest absolute Gasteiger partial charge is 0.190 e. The number of carbonyl (C=O) groups is 2. The van der Waals surface area contributed by atoms with Gasteiger partial charge in [0.2, 0.25) is 0 Å². The van der Waals surface area contributed by atoms with Gasteiger partial charge in [0.25, 0.3) is 0 Å². The molecule has 0 saturated heterocycles. The number of allylic oxidation sites excluding steroid dienone is 4. The van der Waals surface area contributed by atoms with Gasteiger partial charge in [-0.2, -0.15) is 0 Å². The summed E-state index contributed by atoms with van der Waals surface area (Å²) in [6.07, 6.45) is -5.80. The standard InChI is InChI=1S/C22H30O5/c1-12-8-14-15-5-7-22(27,18(26)11-23)21(15,3)10-17(25)19(14)20(2)6-4-13(24)9-16(12)20/h4,6,9,12,14-15,17,19,23,25,27H,5,7-8,10-11H2,1-3H3/t12-,14-,15-,17-,19+,20-,21-,22-/m0/s1/i4D,9D,10D2,12D,17D,19D. The minimum atomic E-state index is -3.31. The molecule has 5 nitrogen and oxygen atoms in total. The lowest BCUT2D eigenvalue weighted by Gasteiger charge is -2.60. The van der Waals surface area contributed by atoms with E-state index in [1.165, 1.54) is 20.8 Å². The van der Waals surface area contributed by atoms with Crippen LogP contribution in [0.15, 0.2) is 23.8 Å². The first-order valence-electron chi connectivity index (χ1n) is 12.8. The quantitative estimate of drug-likeness (QED) is 0.678. The first-order valence-corrected chi connectivity index (χ1v) is 9.29. The van der Waals surface area contributed by atoms with Crippen molar-refractivity contribution in [1.29, 1.82) is 0 Å². The Morgan fingerprint density at radius 3 is 2.85 bits per heavy atom. The molecule has 27 heavy (non-hydrogen) atoms. The summed E-state index contributed by atoms with van der Waals surface area (Å²) in [5.41, 5.74) is -6.55. The van der Waals surface area contributed by atoms with Crippen molar-refractivity contribution < 1.29 is 34.5 Å². The van der Waals surface area contributed by atoms with E-state index in [0.717, 1.165) is 6.08 Å². The Bertz CT molecular complexity index is 1070. The Morgan fingerprint density at radius 1 is 1.48 bits per heavy atom. The topological polar surface area (TPSA) is 94.8 Å². The molecule has 0 heterocycles. The first kappa shape index (κ1) is 12.3. The lowest BCUT2D eigenvalue weighted by atomic mass is 9.45. The van der Waals surface area contributed by atoms with Crippen LogP contribution in [0.2, 0.25) is 0 Å². The van der Waals surface area contributed by atoms with E-state index in [9.17, 15) is 26.3 Å².